The van der Waals surface area contributed by atoms with Gasteiger partial charge in [-0.2, -0.15) is 0 Å². The molecule has 2 rings (SSSR count). The number of nitrogens with one attached hydrogen (secondary N) is 1. The molecule has 1 aromatic carbocycles. The minimum absolute atomic E-state index is 0.203. The van der Waals surface area contributed by atoms with Gasteiger partial charge in [0.15, 0.2) is 0 Å². The lowest BCUT2D eigenvalue weighted by molar-refractivity contribution is -0.142. The van der Waals surface area contributed by atoms with Crippen LogP contribution in [0, 0.1) is 5.41 Å². The van der Waals surface area contributed by atoms with Crippen molar-refractivity contribution in [2.45, 2.75) is 53.9 Å². The largest absolute Gasteiger partial charge is 0.425 e. The summed E-state index contributed by atoms with van der Waals surface area (Å²) >= 11 is 0. The van der Waals surface area contributed by atoms with Gasteiger partial charge in [-0.3, -0.25) is 4.79 Å². The molecule has 0 amide bonds. The van der Waals surface area contributed by atoms with Crippen molar-refractivity contribution >= 4 is 16.9 Å². The Morgan fingerprint density at radius 3 is 2.40 bits per heavy atom. The van der Waals surface area contributed by atoms with Gasteiger partial charge in [0.25, 0.3) is 0 Å². The quantitative estimate of drug-likeness (QED) is 0.553. The molecule has 0 bridgehead atoms. The third-order valence-corrected chi connectivity index (χ3v) is 4.34. The van der Waals surface area contributed by atoms with Crippen LogP contribution in [-0.4, -0.2) is 35.5 Å². The summed E-state index contributed by atoms with van der Waals surface area (Å²) in [6.07, 6.45) is 5.34. The number of rotatable bonds is 8. The predicted octanol–water partition coefficient (Wildman–Crippen LogP) is 4.78. The van der Waals surface area contributed by atoms with E-state index >= 15 is 0 Å². The number of hydrogen-bond acceptors (Lipinski definition) is 3. The lowest BCUT2D eigenvalue weighted by Gasteiger charge is -2.21. The fourth-order valence-corrected chi connectivity index (χ4v) is 3.00. The SMILES string of the molecule is CCCN(CCC)CCc1c[nH]c2cccc(OC(=O)C(C)(C)C)c12. The highest BCUT2D eigenvalue weighted by atomic mass is 16.5. The van der Waals surface area contributed by atoms with E-state index in [9.17, 15) is 4.79 Å². The molecule has 0 aliphatic heterocycles. The molecule has 0 saturated carbocycles. The average Bonchev–Trinajstić information content (AvgIpc) is 2.96. The van der Waals surface area contributed by atoms with Crippen LogP contribution in [0.1, 0.15) is 53.0 Å². The van der Waals surface area contributed by atoms with Crippen molar-refractivity contribution < 1.29 is 9.53 Å². The molecule has 138 valence electrons. The summed E-state index contributed by atoms with van der Waals surface area (Å²) < 4.78 is 5.72. The molecule has 4 nitrogen and oxygen atoms in total. The van der Waals surface area contributed by atoms with E-state index < -0.39 is 5.41 Å². The zero-order valence-corrected chi connectivity index (χ0v) is 16.3. The van der Waals surface area contributed by atoms with Crippen LogP contribution in [0.3, 0.4) is 0 Å². The standard InChI is InChI=1S/C21H32N2O2/c1-6-12-23(13-7-2)14-11-16-15-22-17-9-8-10-18(19(16)17)25-20(24)21(3,4)5/h8-10,15,22H,6-7,11-14H2,1-5H3. The Morgan fingerprint density at radius 1 is 1.12 bits per heavy atom. The highest BCUT2D eigenvalue weighted by Crippen LogP contribution is 2.31. The van der Waals surface area contributed by atoms with Gasteiger partial charge in [-0.15, -0.1) is 0 Å². The Bertz CT molecular complexity index is 691. The summed E-state index contributed by atoms with van der Waals surface area (Å²) in [6, 6.07) is 5.84. The van der Waals surface area contributed by atoms with Crippen molar-refractivity contribution in [2.75, 3.05) is 19.6 Å². The minimum atomic E-state index is -0.516. The number of aromatic amines is 1. The van der Waals surface area contributed by atoms with E-state index in [0.29, 0.717) is 5.75 Å². The summed E-state index contributed by atoms with van der Waals surface area (Å²) in [5.41, 5.74) is 1.72. The first-order chi connectivity index (χ1) is 11.9. The molecule has 0 spiro atoms. The van der Waals surface area contributed by atoms with Crippen molar-refractivity contribution in [3.8, 4) is 5.75 Å². The lowest BCUT2D eigenvalue weighted by Crippen LogP contribution is -2.27. The maximum atomic E-state index is 12.3. The van der Waals surface area contributed by atoms with Gasteiger partial charge in [-0.05, 0) is 70.8 Å². The molecule has 0 radical (unpaired) electrons. The van der Waals surface area contributed by atoms with Gasteiger partial charge in [-0.25, -0.2) is 0 Å². The van der Waals surface area contributed by atoms with Crippen LogP contribution in [0.15, 0.2) is 24.4 Å². The van der Waals surface area contributed by atoms with E-state index in [1.54, 1.807) is 0 Å². The molecule has 1 heterocycles. The van der Waals surface area contributed by atoms with Crippen molar-refractivity contribution in [1.29, 1.82) is 0 Å². The molecule has 4 heteroatoms. The van der Waals surface area contributed by atoms with Gasteiger partial charge in [-0.1, -0.05) is 19.9 Å². The first kappa shape index (κ1) is 19.5. The Kier molecular flexibility index (Phi) is 6.65. The molecule has 1 aromatic heterocycles. The summed E-state index contributed by atoms with van der Waals surface area (Å²) in [5, 5.41) is 1.04. The van der Waals surface area contributed by atoms with Crippen LogP contribution in [0.2, 0.25) is 0 Å². The average molecular weight is 344 g/mol. The third-order valence-electron chi connectivity index (χ3n) is 4.34. The van der Waals surface area contributed by atoms with Crippen molar-refractivity contribution in [3.05, 3.63) is 30.0 Å². The number of ether oxygens (including phenoxy) is 1. The van der Waals surface area contributed by atoms with Gasteiger partial charge in [0.2, 0.25) is 0 Å². The van der Waals surface area contributed by atoms with Crippen LogP contribution in [-0.2, 0) is 11.2 Å². The molecular weight excluding hydrogens is 312 g/mol. The predicted molar refractivity (Wildman–Crippen MR) is 104 cm³/mol. The fraction of sp³-hybridized carbons (Fsp3) is 0.571. The molecule has 0 aliphatic rings. The normalized spacial score (nSPS) is 12.1. The molecule has 0 saturated heterocycles. The number of fused-ring (bicyclic) bond motifs is 1. The summed E-state index contributed by atoms with van der Waals surface area (Å²) in [6.45, 7) is 13.3. The van der Waals surface area contributed by atoms with Gasteiger partial charge in [0.1, 0.15) is 5.75 Å². The number of aromatic nitrogens is 1. The van der Waals surface area contributed by atoms with Crippen molar-refractivity contribution in [1.82, 2.24) is 9.88 Å². The van der Waals surface area contributed by atoms with Crippen LogP contribution in [0.25, 0.3) is 10.9 Å². The second-order valence-corrected chi connectivity index (χ2v) is 7.72. The number of esters is 1. The Hall–Kier alpha value is -1.81. The highest BCUT2D eigenvalue weighted by molar-refractivity contribution is 5.92. The monoisotopic (exact) mass is 344 g/mol. The Labute approximate surface area is 151 Å². The molecule has 0 fully saturated rings. The molecule has 1 N–H and O–H groups in total. The van der Waals surface area contributed by atoms with E-state index in [1.807, 2.05) is 39.0 Å². The van der Waals surface area contributed by atoms with E-state index in [1.165, 1.54) is 18.4 Å². The van der Waals surface area contributed by atoms with E-state index in [-0.39, 0.29) is 5.97 Å². The van der Waals surface area contributed by atoms with Crippen molar-refractivity contribution in [2.24, 2.45) is 5.41 Å². The number of carbonyl (C=O) groups is 1. The van der Waals surface area contributed by atoms with Gasteiger partial charge in [0, 0.05) is 23.6 Å². The maximum Gasteiger partial charge on any atom is 0.316 e. The van der Waals surface area contributed by atoms with E-state index in [4.69, 9.17) is 4.74 Å². The van der Waals surface area contributed by atoms with Crippen LogP contribution in [0.5, 0.6) is 5.75 Å². The molecular formula is C21H32N2O2. The van der Waals surface area contributed by atoms with Gasteiger partial charge < -0.3 is 14.6 Å². The first-order valence-corrected chi connectivity index (χ1v) is 9.40. The Balaban J connectivity index is 2.22. The van der Waals surface area contributed by atoms with Gasteiger partial charge >= 0.3 is 5.97 Å². The second kappa shape index (κ2) is 8.52. The number of benzene rings is 1. The van der Waals surface area contributed by atoms with Crippen LogP contribution < -0.4 is 4.74 Å². The lowest BCUT2D eigenvalue weighted by atomic mass is 9.97. The zero-order valence-electron chi connectivity index (χ0n) is 16.3. The molecule has 0 atom stereocenters. The van der Waals surface area contributed by atoms with E-state index in [2.05, 4.69) is 29.9 Å². The molecule has 25 heavy (non-hydrogen) atoms. The fourth-order valence-electron chi connectivity index (χ4n) is 3.00. The zero-order chi connectivity index (χ0) is 18.4. The van der Waals surface area contributed by atoms with Crippen LogP contribution >= 0.6 is 0 Å². The highest BCUT2D eigenvalue weighted by Gasteiger charge is 2.25. The summed E-state index contributed by atoms with van der Waals surface area (Å²) in [7, 11) is 0. The summed E-state index contributed by atoms with van der Waals surface area (Å²) in [4.78, 5) is 18.1. The second-order valence-electron chi connectivity index (χ2n) is 7.72. The van der Waals surface area contributed by atoms with Gasteiger partial charge in [0.05, 0.1) is 5.41 Å². The topological polar surface area (TPSA) is 45.3 Å². The smallest absolute Gasteiger partial charge is 0.316 e. The van der Waals surface area contributed by atoms with E-state index in [0.717, 1.165) is 37.0 Å². The van der Waals surface area contributed by atoms with Crippen molar-refractivity contribution in [3.63, 3.8) is 0 Å². The molecule has 2 aromatic rings. The number of H-pyrrole nitrogens is 1. The molecule has 0 aliphatic carbocycles. The summed E-state index contributed by atoms with van der Waals surface area (Å²) in [5.74, 6) is 0.456. The molecule has 0 unspecified atom stereocenters. The maximum absolute atomic E-state index is 12.3. The third kappa shape index (κ3) is 5.08. The number of carbonyl (C=O) groups excluding carboxylic acids is 1. The first-order valence-electron chi connectivity index (χ1n) is 9.40. The number of hydrogen-bond donors (Lipinski definition) is 1. The minimum Gasteiger partial charge on any atom is -0.425 e. The number of nitrogens with zero attached hydrogens (tertiary/aromatic N) is 1. The van der Waals surface area contributed by atoms with Crippen LogP contribution in [0.4, 0.5) is 0 Å². The Morgan fingerprint density at radius 2 is 1.80 bits per heavy atom.